The Morgan fingerprint density at radius 2 is 2.00 bits per heavy atom. The van der Waals surface area contributed by atoms with Crippen LogP contribution < -0.4 is 16.4 Å². The average molecular weight is 248 g/mol. The van der Waals surface area contributed by atoms with Gasteiger partial charge in [-0.1, -0.05) is 0 Å². The molecule has 0 aromatic heterocycles. The highest BCUT2D eigenvalue weighted by molar-refractivity contribution is 5.89. The smallest absolute Gasteiger partial charge is 0.319 e. The van der Waals surface area contributed by atoms with E-state index in [1.165, 1.54) is 0 Å². The van der Waals surface area contributed by atoms with Crippen LogP contribution in [0.5, 0.6) is 0 Å². The van der Waals surface area contributed by atoms with Crippen molar-refractivity contribution in [3.8, 4) is 6.07 Å². The van der Waals surface area contributed by atoms with Crippen LogP contribution in [-0.2, 0) is 4.79 Å². The maximum Gasteiger partial charge on any atom is 0.319 e. The molecule has 7 heteroatoms. The number of carbonyl (C=O) groups excluding carboxylic acids is 2. The van der Waals surface area contributed by atoms with Gasteiger partial charge in [0.2, 0.25) is 5.91 Å². The molecule has 3 amide bonds. The Morgan fingerprint density at radius 3 is 2.50 bits per heavy atom. The molecule has 0 bridgehead atoms. The standard InChI is InChI=1S/C11H12N4O3/c12-5-7-1-3-8(4-2-7)15-11(18)14-6-9(16)10(13)17/h1-4,9,16H,6H2,(H2,13,17)(H2,14,15,18). The fourth-order valence-corrected chi connectivity index (χ4v) is 1.09. The molecule has 0 aliphatic rings. The zero-order valence-corrected chi connectivity index (χ0v) is 9.38. The number of carbonyl (C=O) groups is 2. The Morgan fingerprint density at radius 1 is 1.39 bits per heavy atom. The number of urea groups is 1. The first-order valence-corrected chi connectivity index (χ1v) is 5.05. The Bertz CT molecular complexity index is 478. The van der Waals surface area contributed by atoms with Crippen molar-refractivity contribution in [1.29, 1.82) is 5.26 Å². The van der Waals surface area contributed by atoms with Crippen molar-refractivity contribution in [2.24, 2.45) is 5.73 Å². The summed E-state index contributed by atoms with van der Waals surface area (Å²) >= 11 is 0. The van der Waals surface area contributed by atoms with E-state index < -0.39 is 18.0 Å². The molecule has 0 aliphatic heterocycles. The maximum atomic E-state index is 11.3. The number of rotatable bonds is 4. The molecule has 0 saturated carbocycles. The second kappa shape index (κ2) is 6.22. The minimum Gasteiger partial charge on any atom is -0.381 e. The average Bonchev–Trinajstić information content (AvgIpc) is 2.36. The van der Waals surface area contributed by atoms with Crippen LogP contribution in [0.2, 0.25) is 0 Å². The highest BCUT2D eigenvalue weighted by Crippen LogP contribution is 2.08. The van der Waals surface area contributed by atoms with E-state index in [0.717, 1.165) is 0 Å². The number of nitrogens with two attached hydrogens (primary N) is 1. The maximum absolute atomic E-state index is 11.3. The number of anilines is 1. The summed E-state index contributed by atoms with van der Waals surface area (Å²) in [4.78, 5) is 21.9. The Kier molecular flexibility index (Phi) is 4.66. The molecular weight excluding hydrogens is 236 g/mol. The number of amides is 3. The van der Waals surface area contributed by atoms with Crippen LogP contribution in [0.25, 0.3) is 0 Å². The van der Waals surface area contributed by atoms with Gasteiger partial charge in [0.05, 0.1) is 18.2 Å². The first kappa shape index (κ1) is 13.5. The van der Waals surface area contributed by atoms with Gasteiger partial charge in [-0.2, -0.15) is 5.26 Å². The summed E-state index contributed by atoms with van der Waals surface area (Å²) in [7, 11) is 0. The summed E-state index contributed by atoms with van der Waals surface area (Å²) in [5, 5.41) is 22.4. The molecule has 0 heterocycles. The van der Waals surface area contributed by atoms with Gasteiger partial charge >= 0.3 is 6.03 Å². The van der Waals surface area contributed by atoms with E-state index in [2.05, 4.69) is 10.6 Å². The van der Waals surface area contributed by atoms with Gasteiger partial charge in [0, 0.05) is 5.69 Å². The van der Waals surface area contributed by atoms with Crippen LogP contribution in [0.4, 0.5) is 10.5 Å². The second-order valence-corrected chi connectivity index (χ2v) is 3.44. The zero-order valence-electron chi connectivity index (χ0n) is 9.38. The van der Waals surface area contributed by atoms with Crippen LogP contribution >= 0.6 is 0 Å². The molecule has 1 rings (SSSR count). The first-order valence-electron chi connectivity index (χ1n) is 5.05. The fraction of sp³-hybridized carbons (Fsp3) is 0.182. The van der Waals surface area contributed by atoms with E-state index in [9.17, 15) is 9.59 Å². The molecule has 0 radical (unpaired) electrons. The van der Waals surface area contributed by atoms with Crippen molar-refractivity contribution in [1.82, 2.24) is 5.32 Å². The van der Waals surface area contributed by atoms with Gasteiger partial charge in [0.1, 0.15) is 6.10 Å². The van der Waals surface area contributed by atoms with Crippen LogP contribution in [0.15, 0.2) is 24.3 Å². The number of aliphatic hydroxyl groups is 1. The van der Waals surface area contributed by atoms with Crippen LogP contribution in [0.1, 0.15) is 5.56 Å². The molecule has 5 N–H and O–H groups in total. The lowest BCUT2D eigenvalue weighted by atomic mass is 10.2. The van der Waals surface area contributed by atoms with E-state index >= 15 is 0 Å². The summed E-state index contributed by atoms with van der Waals surface area (Å²) < 4.78 is 0. The monoisotopic (exact) mass is 248 g/mol. The van der Waals surface area contributed by atoms with Crippen molar-refractivity contribution < 1.29 is 14.7 Å². The van der Waals surface area contributed by atoms with Gasteiger partial charge in [0.15, 0.2) is 0 Å². The van der Waals surface area contributed by atoms with Gasteiger partial charge in [-0.3, -0.25) is 4.79 Å². The fourth-order valence-electron chi connectivity index (χ4n) is 1.09. The molecular formula is C11H12N4O3. The third kappa shape index (κ3) is 4.11. The predicted octanol–water partition coefficient (Wildman–Crippen LogP) is -0.474. The first-order chi connectivity index (χ1) is 8.52. The molecule has 1 unspecified atom stereocenters. The third-order valence-electron chi connectivity index (χ3n) is 2.06. The second-order valence-electron chi connectivity index (χ2n) is 3.44. The van der Waals surface area contributed by atoms with Crippen molar-refractivity contribution in [2.75, 3.05) is 11.9 Å². The van der Waals surface area contributed by atoms with Crippen molar-refractivity contribution in [3.05, 3.63) is 29.8 Å². The van der Waals surface area contributed by atoms with E-state index in [-0.39, 0.29) is 6.54 Å². The molecule has 7 nitrogen and oxygen atoms in total. The molecule has 0 spiro atoms. The highest BCUT2D eigenvalue weighted by Gasteiger charge is 2.11. The summed E-state index contributed by atoms with van der Waals surface area (Å²) in [6, 6.07) is 7.58. The van der Waals surface area contributed by atoms with Gasteiger partial charge < -0.3 is 21.5 Å². The van der Waals surface area contributed by atoms with E-state index in [1.54, 1.807) is 24.3 Å². The Labute approximate surface area is 103 Å². The number of nitrogens with zero attached hydrogens (tertiary/aromatic N) is 1. The number of nitriles is 1. The van der Waals surface area contributed by atoms with Crippen molar-refractivity contribution >= 4 is 17.6 Å². The largest absolute Gasteiger partial charge is 0.381 e. The number of hydrogen-bond donors (Lipinski definition) is 4. The van der Waals surface area contributed by atoms with Gasteiger partial charge in [-0.05, 0) is 24.3 Å². The third-order valence-corrected chi connectivity index (χ3v) is 2.06. The zero-order chi connectivity index (χ0) is 13.5. The molecule has 0 fully saturated rings. The van der Waals surface area contributed by atoms with E-state index in [1.807, 2.05) is 6.07 Å². The SMILES string of the molecule is N#Cc1ccc(NC(=O)NCC(O)C(N)=O)cc1. The van der Waals surface area contributed by atoms with Crippen molar-refractivity contribution in [2.45, 2.75) is 6.10 Å². The van der Waals surface area contributed by atoms with Crippen LogP contribution in [0, 0.1) is 11.3 Å². The highest BCUT2D eigenvalue weighted by atomic mass is 16.3. The molecule has 0 saturated heterocycles. The predicted molar refractivity (Wildman–Crippen MR) is 63.4 cm³/mol. The van der Waals surface area contributed by atoms with Crippen molar-refractivity contribution in [3.63, 3.8) is 0 Å². The summed E-state index contributed by atoms with van der Waals surface area (Å²) in [5.74, 6) is -0.909. The molecule has 0 aliphatic carbocycles. The van der Waals surface area contributed by atoms with Crippen LogP contribution in [-0.4, -0.2) is 29.7 Å². The Hall–Kier alpha value is -2.59. The van der Waals surface area contributed by atoms with E-state index in [0.29, 0.717) is 11.3 Å². The number of primary amides is 1. The molecule has 94 valence electrons. The molecule has 18 heavy (non-hydrogen) atoms. The lowest BCUT2D eigenvalue weighted by Crippen LogP contribution is -2.41. The Balaban J connectivity index is 2.45. The minimum atomic E-state index is -1.42. The topological polar surface area (TPSA) is 128 Å². The number of nitrogens with one attached hydrogen (secondary N) is 2. The summed E-state index contributed by atoms with van der Waals surface area (Å²) in [5.41, 5.74) is 5.78. The lowest BCUT2D eigenvalue weighted by molar-refractivity contribution is -0.125. The van der Waals surface area contributed by atoms with Gasteiger partial charge in [-0.15, -0.1) is 0 Å². The van der Waals surface area contributed by atoms with Gasteiger partial charge in [-0.25, -0.2) is 4.79 Å². The number of benzene rings is 1. The summed E-state index contributed by atoms with van der Waals surface area (Å²) in [6.07, 6.45) is -1.42. The molecule has 1 atom stereocenters. The quantitative estimate of drug-likeness (QED) is 0.573. The van der Waals surface area contributed by atoms with Gasteiger partial charge in [0.25, 0.3) is 0 Å². The minimum absolute atomic E-state index is 0.266. The number of hydrogen-bond acceptors (Lipinski definition) is 4. The summed E-state index contributed by atoms with van der Waals surface area (Å²) in [6.45, 7) is -0.266. The lowest BCUT2D eigenvalue weighted by Gasteiger charge is -2.09. The normalized spacial score (nSPS) is 11.1. The number of aliphatic hydroxyl groups excluding tert-OH is 1. The van der Waals surface area contributed by atoms with Crippen LogP contribution in [0.3, 0.4) is 0 Å². The van der Waals surface area contributed by atoms with E-state index in [4.69, 9.17) is 16.1 Å². The molecule has 1 aromatic rings. The molecule has 1 aromatic carbocycles.